The Balaban J connectivity index is 2.18. The van der Waals surface area contributed by atoms with Gasteiger partial charge in [0.15, 0.2) is 0 Å². The van der Waals surface area contributed by atoms with E-state index in [4.69, 9.17) is 5.73 Å². The Morgan fingerprint density at radius 3 is 3.08 bits per heavy atom. The summed E-state index contributed by atoms with van der Waals surface area (Å²) >= 11 is 3.66. The first-order valence-electron chi connectivity index (χ1n) is 4.62. The Hall–Kier alpha value is -0.0200. The van der Waals surface area contributed by atoms with Crippen molar-refractivity contribution >= 4 is 15.9 Å². The highest BCUT2D eigenvalue weighted by atomic mass is 79.9. The predicted octanol–water partition coefficient (Wildman–Crippen LogP) is 1.51. The van der Waals surface area contributed by atoms with E-state index < -0.39 is 0 Å². The van der Waals surface area contributed by atoms with Gasteiger partial charge in [-0.1, -0.05) is 15.9 Å². The molecule has 0 amide bonds. The van der Waals surface area contributed by atoms with Gasteiger partial charge in [-0.05, 0) is 31.3 Å². The first kappa shape index (κ1) is 8.57. The monoisotopic (exact) mass is 230 g/mol. The zero-order chi connectivity index (χ0) is 8.55. The lowest BCUT2D eigenvalue weighted by Crippen LogP contribution is -2.41. The van der Waals surface area contributed by atoms with Crippen LogP contribution in [0.2, 0.25) is 0 Å². The molecular formula is C9H15BrN2. The molecule has 0 bridgehead atoms. The van der Waals surface area contributed by atoms with Gasteiger partial charge in [-0.3, -0.25) is 0 Å². The van der Waals surface area contributed by atoms with Crippen molar-refractivity contribution in [1.82, 2.24) is 5.32 Å². The topological polar surface area (TPSA) is 38.0 Å². The fraction of sp³-hybridized carbons (Fsp3) is 0.778. The van der Waals surface area contributed by atoms with Gasteiger partial charge in [0.2, 0.25) is 0 Å². The predicted molar refractivity (Wildman–Crippen MR) is 54.2 cm³/mol. The van der Waals surface area contributed by atoms with Crippen LogP contribution in [0.1, 0.15) is 25.7 Å². The highest BCUT2D eigenvalue weighted by Crippen LogP contribution is 2.32. The maximum Gasteiger partial charge on any atom is 0.0300 e. The van der Waals surface area contributed by atoms with Crippen LogP contribution in [0.25, 0.3) is 0 Å². The van der Waals surface area contributed by atoms with E-state index in [9.17, 15) is 0 Å². The second-order valence-corrected chi connectivity index (χ2v) is 4.98. The molecule has 2 aliphatic rings. The first-order valence-corrected chi connectivity index (χ1v) is 5.54. The minimum absolute atomic E-state index is 0.590. The lowest BCUT2D eigenvalue weighted by atomic mass is 9.86. The van der Waals surface area contributed by atoms with E-state index in [2.05, 4.69) is 21.2 Å². The number of halogens is 1. The molecular weight excluding hydrogens is 216 g/mol. The number of rotatable bonds is 0. The lowest BCUT2D eigenvalue weighted by Gasteiger charge is -2.34. The fourth-order valence-electron chi connectivity index (χ4n) is 2.13. The zero-order valence-corrected chi connectivity index (χ0v) is 8.73. The molecule has 0 aromatic rings. The molecule has 1 fully saturated rings. The first-order chi connectivity index (χ1) is 5.77. The van der Waals surface area contributed by atoms with Crippen molar-refractivity contribution in [3.05, 3.63) is 11.3 Å². The van der Waals surface area contributed by atoms with Crippen molar-refractivity contribution in [2.75, 3.05) is 6.54 Å². The van der Waals surface area contributed by atoms with Crippen LogP contribution in [0, 0.1) is 0 Å². The summed E-state index contributed by atoms with van der Waals surface area (Å²) in [5, 5.41) is 3.51. The summed E-state index contributed by atoms with van der Waals surface area (Å²) in [7, 11) is 0. The molecule has 0 spiro atoms. The van der Waals surface area contributed by atoms with Gasteiger partial charge in [-0.25, -0.2) is 0 Å². The fourth-order valence-corrected chi connectivity index (χ4v) is 2.74. The third-order valence-electron chi connectivity index (χ3n) is 2.83. The molecule has 2 rings (SSSR count). The highest BCUT2D eigenvalue weighted by molar-refractivity contribution is 9.09. The smallest absolute Gasteiger partial charge is 0.0300 e. The van der Waals surface area contributed by atoms with Crippen LogP contribution in [-0.2, 0) is 0 Å². The highest BCUT2D eigenvalue weighted by Gasteiger charge is 2.27. The minimum Gasteiger partial charge on any atom is -0.402 e. The number of hydrogen-bond donors (Lipinski definition) is 2. The van der Waals surface area contributed by atoms with E-state index in [1.165, 1.54) is 18.4 Å². The second-order valence-electron chi connectivity index (χ2n) is 3.69. The minimum atomic E-state index is 0.590. The van der Waals surface area contributed by atoms with E-state index >= 15 is 0 Å². The van der Waals surface area contributed by atoms with E-state index in [1.807, 2.05) is 0 Å². The summed E-state index contributed by atoms with van der Waals surface area (Å²) in [4.78, 5) is 0.655. The normalized spacial score (nSPS) is 36.4. The molecule has 0 aromatic carbocycles. The number of alkyl halides is 1. The quantitative estimate of drug-likeness (QED) is 0.620. The van der Waals surface area contributed by atoms with Crippen LogP contribution >= 0.6 is 15.9 Å². The number of hydrogen-bond acceptors (Lipinski definition) is 2. The molecule has 1 aliphatic heterocycles. The van der Waals surface area contributed by atoms with Crippen molar-refractivity contribution in [3.8, 4) is 0 Å². The molecule has 0 saturated heterocycles. The average molecular weight is 231 g/mol. The van der Waals surface area contributed by atoms with Gasteiger partial charge in [-0.2, -0.15) is 0 Å². The van der Waals surface area contributed by atoms with Gasteiger partial charge in [0.25, 0.3) is 0 Å². The Labute approximate surface area is 81.7 Å². The summed E-state index contributed by atoms with van der Waals surface area (Å²) in [6, 6.07) is 0.590. The molecule has 2 unspecified atom stereocenters. The molecule has 1 saturated carbocycles. The standard InChI is InChI=1S/C9H15BrN2/c10-6-1-2-9-7(5-6)8(11)3-4-12-9/h6,9,12H,1-5,11H2. The third kappa shape index (κ3) is 1.52. The van der Waals surface area contributed by atoms with Crippen molar-refractivity contribution in [3.63, 3.8) is 0 Å². The molecule has 1 aliphatic carbocycles. The van der Waals surface area contributed by atoms with Crippen LogP contribution in [0.4, 0.5) is 0 Å². The van der Waals surface area contributed by atoms with Gasteiger partial charge in [0.1, 0.15) is 0 Å². The summed E-state index contributed by atoms with van der Waals surface area (Å²) in [6.07, 6.45) is 4.69. The number of fused-ring (bicyclic) bond motifs is 1. The van der Waals surface area contributed by atoms with Crippen LogP contribution in [0.15, 0.2) is 11.3 Å². The summed E-state index contributed by atoms with van der Waals surface area (Å²) in [6.45, 7) is 1.06. The SMILES string of the molecule is NC1=C2CC(Br)CCC2NCC1. The van der Waals surface area contributed by atoms with Crippen LogP contribution in [-0.4, -0.2) is 17.4 Å². The lowest BCUT2D eigenvalue weighted by molar-refractivity contribution is 0.437. The van der Waals surface area contributed by atoms with Gasteiger partial charge < -0.3 is 11.1 Å². The van der Waals surface area contributed by atoms with E-state index in [1.54, 1.807) is 0 Å². The molecule has 1 heterocycles. The van der Waals surface area contributed by atoms with E-state index in [-0.39, 0.29) is 0 Å². The van der Waals surface area contributed by atoms with E-state index in [0.29, 0.717) is 10.9 Å². The van der Waals surface area contributed by atoms with Crippen LogP contribution in [0.3, 0.4) is 0 Å². The third-order valence-corrected chi connectivity index (χ3v) is 3.61. The van der Waals surface area contributed by atoms with Crippen LogP contribution < -0.4 is 11.1 Å². The molecule has 2 atom stereocenters. The molecule has 3 heteroatoms. The summed E-state index contributed by atoms with van der Waals surface area (Å²) in [5.41, 5.74) is 8.58. The zero-order valence-electron chi connectivity index (χ0n) is 7.15. The Morgan fingerprint density at radius 1 is 1.42 bits per heavy atom. The maximum atomic E-state index is 5.97. The Bertz CT molecular complexity index is 213. The van der Waals surface area contributed by atoms with Crippen molar-refractivity contribution in [2.45, 2.75) is 36.6 Å². The van der Waals surface area contributed by atoms with Gasteiger partial charge in [0.05, 0.1) is 0 Å². The van der Waals surface area contributed by atoms with Gasteiger partial charge in [0, 0.05) is 23.1 Å². The molecule has 12 heavy (non-hydrogen) atoms. The van der Waals surface area contributed by atoms with Gasteiger partial charge in [-0.15, -0.1) is 0 Å². The molecule has 2 nitrogen and oxygen atoms in total. The van der Waals surface area contributed by atoms with Crippen LogP contribution in [0.5, 0.6) is 0 Å². The average Bonchev–Trinajstić information content (AvgIpc) is 2.07. The van der Waals surface area contributed by atoms with E-state index in [0.717, 1.165) is 25.1 Å². The number of nitrogens with one attached hydrogen (secondary N) is 1. The largest absolute Gasteiger partial charge is 0.402 e. The Morgan fingerprint density at radius 2 is 2.25 bits per heavy atom. The molecule has 68 valence electrons. The number of nitrogens with two attached hydrogens (primary N) is 1. The van der Waals surface area contributed by atoms with Crippen molar-refractivity contribution in [1.29, 1.82) is 0 Å². The molecule has 0 aromatic heterocycles. The summed E-state index contributed by atoms with van der Waals surface area (Å²) in [5.74, 6) is 0. The second kappa shape index (κ2) is 3.38. The molecule has 3 N–H and O–H groups in total. The molecule has 0 radical (unpaired) electrons. The summed E-state index contributed by atoms with van der Waals surface area (Å²) < 4.78 is 0. The Kier molecular flexibility index (Phi) is 2.42. The van der Waals surface area contributed by atoms with Gasteiger partial charge >= 0.3 is 0 Å². The maximum absolute atomic E-state index is 5.97. The van der Waals surface area contributed by atoms with Crippen molar-refractivity contribution in [2.24, 2.45) is 5.73 Å². The van der Waals surface area contributed by atoms with Crippen molar-refractivity contribution < 1.29 is 0 Å².